The van der Waals surface area contributed by atoms with Crippen LogP contribution in [0.4, 0.5) is 5.69 Å². The van der Waals surface area contributed by atoms with Crippen molar-refractivity contribution in [1.29, 1.82) is 0 Å². The Kier molecular flexibility index (Phi) is 6.08. The molecule has 5 rings (SSSR count). The molecule has 0 spiro atoms. The number of hydrogen-bond donors (Lipinski definition) is 1. The van der Waals surface area contributed by atoms with Crippen molar-refractivity contribution in [3.8, 4) is 11.5 Å². The summed E-state index contributed by atoms with van der Waals surface area (Å²) >= 11 is 0. The molecule has 3 amide bonds. The van der Waals surface area contributed by atoms with Gasteiger partial charge in [-0.3, -0.25) is 24.3 Å². The topological polar surface area (TPSA) is 97.8 Å². The number of carbonyl (C=O) groups is 3. The lowest BCUT2D eigenvalue weighted by Crippen LogP contribution is -2.37. The molecule has 1 N–H and O–H groups in total. The van der Waals surface area contributed by atoms with E-state index < -0.39 is 24.3 Å². The molecule has 2 heterocycles. The van der Waals surface area contributed by atoms with E-state index in [1.54, 1.807) is 36.5 Å². The third kappa shape index (κ3) is 4.02. The zero-order valence-electron chi connectivity index (χ0n) is 19.8. The molecular formula is C28H23N3O5. The van der Waals surface area contributed by atoms with Gasteiger partial charge in [-0.25, -0.2) is 0 Å². The minimum absolute atomic E-state index is 0.289. The van der Waals surface area contributed by atoms with Crippen molar-refractivity contribution in [3.63, 3.8) is 0 Å². The van der Waals surface area contributed by atoms with E-state index in [1.165, 1.54) is 14.2 Å². The Balaban J connectivity index is 1.46. The van der Waals surface area contributed by atoms with Crippen LogP contribution < -0.4 is 14.8 Å². The van der Waals surface area contributed by atoms with E-state index >= 15 is 0 Å². The summed E-state index contributed by atoms with van der Waals surface area (Å²) in [6, 6.07) is 20.0. The number of imide groups is 1. The van der Waals surface area contributed by atoms with Crippen LogP contribution in [0.2, 0.25) is 0 Å². The predicted molar refractivity (Wildman–Crippen MR) is 135 cm³/mol. The van der Waals surface area contributed by atoms with Gasteiger partial charge in [0.05, 0.1) is 36.7 Å². The summed E-state index contributed by atoms with van der Waals surface area (Å²) in [6.07, 6.45) is 2.16. The van der Waals surface area contributed by atoms with Gasteiger partial charge in [0.2, 0.25) is 5.91 Å². The van der Waals surface area contributed by atoms with Crippen molar-refractivity contribution in [2.75, 3.05) is 26.1 Å². The number of anilines is 1. The number of ether oxygens (including phenoxy) is 2. The van der Waals surface area contributed by atoms with Gasteiger partial charge in [0.15, 0.2) is 11.5 Å². The molecule has 8 nitrogen and oxygen atoms in total. The average molecular weight is 482 g/mol. The van der Waals surface area contributed by atoms with Crippen molar-refractivity contribution >= 4 is 34.2 Å². The maximum absolute atomic E-state index is 13.1. The number of carbonyl (C=O) groups excluding carboxylic acids is 3. The standard InChI is InChI=1S/C28H23N3O5/c1-35-23-12-11-18(15-22-19-8-4-3-7-17(19)13-14-29-22)25(26(23)36-2)30-24(32)16-31-27(33)20-9-5-6-10-21(20)28(31)34/h3-14H,15-16H2,1-2H3,(H,30,32). The molecule has 0 unspecified atom stereocenters. The molecule has 1 aromatic heterocycles. The molecule has 0 fully saturated rings. The third-order valence-electron chi connectivity index (χ3n) is 6.19. The van der Waals surface area contributed by atoms with Crippen LogP contribution in [0.1, 0.15) is 32.0 Å². The molecule has 4 aromatic rings. The van der Waals surface area contributed by atoms with Crippen molar-refractivity contribution < 1.29 is 23.9 Å². The van der Waals surface area contributed by atoms with Crippen LogP contribution in [0.15, 0.2) is 72.9 Å². The number of rotatable bonds is 7. The fourth-order valence-corrected chi connectivity index (χ4v) is 4.46. The van der Waals surface area contributed by atoms with Gasteiger partial charge in [-0.2, -0.15) is 0 Å². The minimum Gasteiger partial charge on any atom is -0.493 e. The summed E-state index contributed by atoms with van der Waals surface area (Å²) in [4.78, 5) is 44.1. The largest absolute Gasteiger partial charge is 0.493 e. The van der Waals surface area contributed by atoms with Gasteiger partial charge in [0.1, 0.15) is 6.54 Å². The first-order chi connectivity index (χ1) is 17.5. The predicted octanol–water partition coefficient (Wildman–Crippen LogP) is 4.08. The van der Waals surface area contributed by atoms with Gasteiger partial charge in [-0.05, 0) is 35.2 Å². The van der Waals surface area contributed by atoms with E-state index in [9.17, 15) is 14.4 Å². The molecule has 180 valence electrons. The second-order valence-electron chi connectivity index (χ2n) is 8.28. The van der Waals surface area contributed by atoms with E-state index in [1.807, 2.05) is 36.4 Å². The van der Waals surface area contributed by atoms with E-state index in [0.29, 0.717) is 23.6 Å². The molecule has 0 aliphatic carbocycles. The van der Waals surface area contributed by atoms with Gasteiger partial charge < -0.3 is 14.8 Å². The van der Waals surface area contributed by atoms with E-state index in [4.69, 9.17) is 9.47 Å². The SMILES string of the molecule is COc1ccc(Cc2nccc3ccccc23)c(NC(=O)CN2C(=O)c3ccccc3C2=O)c1OC. The molecule has 0 atom stereocenters. The molecule has 1 aliphatic rings. The van der Waals surface area contributed by atoms with Crippen molar-refractivity contribution in [2.24, 2.45) is 0 Å². The van der Waals surface area contributed by atoms with E-state index in [0.717, 1.165) is 26.9 Å². The first kappa shape index (κ1) is 23.0. The van der Waals surface area contributed by atoms with Crippen LogP contribution in [0.25, 0.3) is 10.8 Å². The smallest absolute Gasteiger partial charge is 0.262 e. The monoisotopic (exact) mass is 481 g/mol. The average Bonchev–Trinajstić information content (AvgIpc) is 3.14. The molecular weight excluding hydrogens is 458 g/mol. The second kappa shape index (κ2) is 9.50. The summed E-state index contributed by atoms with van der Waals surface area (Å²) in [5.41, 5.74) is 2.55. The highest BCUT2D eigenvalue weighted by molar-refractivity contribution is 6.22. The summed E-state index contributed by atoms with van der Waals surface area (Å²) in [5, 5.41) is 4.90. The summed E-state index contributed by atoms with van der Waals surface area (Å²) in [5.74, 6) is -0.760. The van der Waals surface area contributed by atoms with Crippen molar-refractivity contribution in [3.05, 3.63) is 95.3 Å². The molecule has 0 radical (unpaired) electrons. The number of fused-ring (bicyclic) bond motifs is 2. The van der Waals surface area contributed by atoms with Crippen LogP contribution in [0.3, 0.4) is 0 Å². The lowest BCUT2D eigenvalue weighted by Gasteiger charge is -2.19. The minimum atomic E-state index is -0.539. The highest BCUT2D eigenvalue weighted by atomic mass is 16.5. The number of amides is 3. The fraction of sp³-hybridized carbons (Fsp3) is 0.143. The second-order valence-corrected chi connectivity index (χ2v) is 8.28. The Morgan fingerprint density at radius 1 is 0.889 bits per heavy atom. The van der Waals surface area contributed by atoms with Gasteiger partial charge in [-0.15, -0.1) is 0 Å². The van der Waals surface area contributed by atoms with Crippen LogP contribution in [-0.2, 0) is 11.2 Å². The number of benzene rings is 3. The first-order valence-electron chi connectivity index (χ1n) is 11.3. The summed E-state index contributed by atoms with van der Waals surface area (Å²) < 4.78 is 11.0. The van der Waals surface area contributed by atoms with Gasteiger partial charge >= 0.3 is 0 Å². The number of aromatic nitrogens is 1. The normalized spacial score (nSPS) is 12.6. The molecule has 0 saturated heterocycles. The lowest BCUT2D eigenvalue weighted by atomic mass is 10.0. The third-order valence-corrected chi connectivity index (χ3v) is 6.19. The maximum Gasteiger partial charge on any atom is 0.262 e. The summed E-state index contributed by atoms with van der Waals surface area (Å²) in [6.45, 7) is -0.432. The lowest BCUT2D eigenvalue weighted by molar-refractivity contribution is -0.116. The van der Waals surface area contributed by atoms with E-state index in [-0.39, 0.29) is 11.1 Å². The number of methoxy groups -OCH3 is 2. The zero-order chi connectivity index (χ0) is 25.2. The van der Waals surface area contributed by atoms with E-state index in [2.05, 4.69) is 10.3 Å². The van der Waals surface area contributed by atoms with Crippen LogP contribution in [0, 0.1) is 0 Å². The first-order valence-corrected chi connectivity index (χ1v) is 11.3. The van der Waals surface area contributed by atoms with Crippen molar-refractivity contribution in [1.82, 2.24) is 9.88 Å². The Bertz CT molecular complexity index is 1470. The van der Waals surface area contributed by atoms with Crippen LogP contribution >= 0.6 is 0 Å². The highest BCUT2D eigenvalue weighted by Crippen LogP contribution is 2.39. The Morgan fingerprint density at radius 3 is 2.28 bits per heavy atom. The molecule has 36 heavy (non-hydrogen) atoms. The Labute approximate surface area is 207 Å². The summed E-state index contributed by atoms with van der Waals surface area (Å²) in [7, 11) is 2.99. The highest BCUT2D eigenvalue weighted by Gasteiger charge is 2.36. The molecule has 8 heteroatoms. The van der Waals surface area contributed by atoms with Gasteiger partial charge in [-0.1, -0.05) is 42.5 Å². The molecule has 3 aromatic carbocycles. The maximum atomic E-state index is 13.1. The Morgan fingerprint density at radius 2 is 1.58 bits per heavy atom. The number of hydrogen-bond acceptors (Lipinski definition) is 6. The number of nitrogens with one attached hydrogen (secondary N) is 1. The molecule has 0 saturated carbocycles. The van der Waals surface area contributed by atoms with Crippen LogP contribution in [0.5, 0.6) is 11.5 Å². The van der Waals surface area contributed by atoms with Crippen molar-refractivity contribution in [2.45, 2.75) is 6.42 Å². The quantitative estimate of drug-likeness (QED) is 0.400. The van der Waals surface area contributed by atoms with Gasteiger partial charge in [0, 0.05) is 18.0 Å². The van der Waals surface area contributed by atoms with Gasteiger partial charge in [0.25, 0.3) is 11.8 Å². The number of pyridine rings is 1. The fourth-order valence-electron chi connectivity index (χ4n) is 4.46. The molecule has 0 bridgehead atoms. The molecule has 1 aliphatic heterocycles. The Hall–Kier alpha value is -4.72. The van der Waals surface area contributed by atoms with Crippen LogP contribution in [-0.4, -0.2) is 48.4 Å². The zero-order valence-corrected chi connectivity index (χ0v) is 19.8. The number of nitrogens with zero attached hydrogens (tertiary/aromatic N) is 2.